The Kier molecular flexibility index (Phi) is 7.26. The second-order valence-electron chi connectivity index (χ2n) is 11.9. The van der Waals surface area contributed by atoms with Crippen molar-refractivity contribution in [1.29, 1.82) is 0 Å². The van der Waals surface area contributed by atoms with Gasteiger partial charge in [-0.3, -0.25) is 4.90 Å². The Morgan fingerprint density at radius 3 is 2.32 bits per heavy atom. The van der Waals surface area contributed by atoms with Gasteiger partial charge in [-0.15, -0.1) is 0 Å². The first-order chi connectivity index (χ1) is 21.4. The molecule has 6 bridgehead atoms. The van der Waals surface area contributed by atoms with E-state index in [0.29, 0.717) is 35.2 Å². The predicted octanol–water partition coefficient (Wildman–Crippen LogP) is 6.10. The molecule has 0 saturated carbocycles. The fraction of sp³-hybridized carbons (Fsp3) is 0.333. The van der Waals surface area contributed by atoms with Crippen molar-refractivity contribution in [3.63, 3.8) is 0 Å². The van der Waals surface area contributed by atoms with Crippen LogP contribution in [0, 0.1) is 0 Å². The van der Waals surface area contributed by atoms with Crippen LogP contribution < -0.4 is 24.3 Å². The summed E-state index contributed by atoms with van der Waals surface area (Å²) in [5.74, 6) is 2.81. The fourth-order valence-electron chi connectivity index (χ4n) is 7.11. The predicted molar refractivity (Wildman–Crippen MR) is 169 cm³/mol. The van der Waals surface area contributed by atoms with Crippen molar-refractivity contribution >= 4 is 0 Å². The molecule has 0 amide bonds. The van der Waals surface area contributed by atoms with Gasteiger partial charge in [-0.05, 0) is 110 Å². The molecule has 0 aromatic heterocycles. The summed E-state index contributed by atoms with van der Waals surface area (Å²) in [6.07, 6.45) is 3.01. The third-order valence-corrected chi connectivity index (χ3v) is 9.45. The lowest BCUT2D eigenvalue weighted by Crippen LogP contribution is -2.34. The van der Waals surface area contributed by atoms with Crippen LogP contribution in [-0.4, -0.2) is 56.6 Å². The van der Waals surface area contributed by atoms with Gasteiger partial charge >= 0.3 is 0 Å². The largest absolute Gasteiger partial charge is 0.507 e. The van der Waals surface area contributed by atoms with Crippen molar-refractivity contribution in [1.82, 2.24) is 10.2 Å². The van der Waals surface area contributed by atoms with Crippen LogP contribution in [0.3, 0.4) is 0 Å². The monoisotopic (exact) mass is 594 g/mol. The van der Waals surface area contributed by atoms with E-state index in [1.54, 1.807) is 27.4 Å². The molecule has 228 valence electrons. The average molecular weight is 595 g/mol. The van der Waals surface area contributed by atoms with E-state index in [9.17, 15) is 10.2 Å². The molecule has 0 unspecified atom stereocenters. The van der Waals surface area contributed by atoms with Crippen LogP contribution in [0.1, 0.15) is 45.5 Å². The molecule has 3 aliphatic heterocycles. The number of hydrogen-bond acceptors (Lipinski definition) is 8. The highest BCUT2D eigenvalue weighted by Gasteiger charge is 2.34. The molecule has 0 spiro atoms. The summed E-state index contributed by atoms with van der Waals surface area (Å²) in [4.78, 5) is 2.29. The van der Waals surface area contributed by atoms with E-state index in [4.69, 9.17) is 18.9 Å². The van der Waals surface area contributed by atoms with E-state index in [-0.39, 0.29) is 23.6 Å². The number of hydrogen-bond donors (Lipinski definition) is 3. The van der Waals surface area contributed by atoms with Crippen molar-refractivity contribution in [3.05, 3.63) is 88.0 Å². The van der Waals surface area contributed by atoms with Gasteiger partial charge in [0.05, 0.1) is 21.3 Å². The van der Waals surface area contributed by atoms with E-state index < -0.39 is 0 Å². The van der Waals surface area contributed by atoms with Gasteiger partial charge in [-0.25, -0.2) is 0 Å². The van der Waals surface area contributed by atoms with Crippen LogP contribution >= 0.6 is 0 Å². The lowest BCUT2D eigenvalue weighted by Gasteiger charge is -2.36. The normalized spacial score (nSPS) is 19.0. The standard InChI is InChI=1S/C36H38N2O6/c1-38-12-10-23-18-33(43-4)35(40)36-34(23)28(38)16-21-5-7-29(39)25(13-21)26-14-20(6-8-30(26)41-2)15-27-24-19-32(44-36)31(42-3)17-22(24)9-11-37-27/h5-8,13-14,17-19,27-28,37,39-40H,9-12,15-16H2,1-4H3/t27-,28+/m1/s1. The SMILES string of the molecule is COc1cc2c3cc1Oc1c(O)c(OC)cc4c1[C@H](Cc1ccc(O)c(c1)-c1cc(ccc1OC)C[C@H]3NCC2)N(C)CC4. The molecule has 8 nitrogen and oxygen atoms in total. The van der Waals surface area contributed by atoms with Crippen LogP contribution in [0.25, 0.3) is 11.1 Å². The van der Waals surface area contributed by atoms with Gasteiger partial charge < -0.3 is 34.5 Å². The molecule has 8 heteroatoms. The number of benzene rings is 4. The van der Waals surface area contributed by atoms with Gasteiger partial charge in [-0.1, -0.05) is 12.1 Å². The van der Waals surface area contributed by atoms with Gasteiger partial charge in [0.2, 0.25) is 5.75 Å². The number of methoxy groups -OCH3 is 3. The van der Waals surface area contributed by atoms with E-state index >= 15 is 0 Å². The minimum absolute atomic E-state index is 0.0211. The molecule has 0 fully saturated rings. The molecular formula is C36H38N2O6. The third kappa shape index (κ3) is 4.78. The Labute approximate surface area is 257 Å². The number of likely N-dealkylation sites (N-methyl/N-ethyl adjacent to an activating group) is 1. The van der Waals surface area contributed by atoms with E-state index in [1.165, 1.54) is 5.56 Å². The molecule has 0 radical (unpaired) electrons. The van der Waals surface area contributed by atoms with Crippen molar-refractivity contribution in [2.75, 3.05) is 41.5 Å². The Balaban J connectivity index is 1.50. The second kappa shape index (κ2) is 11.3. The molecule has 3 N–H and O–H groups in total. The number of nitrogens with zero attached hydrogens (tertiary/aromatic N) is 1. The van der Waals surface area contributed by atoms with Gasteiger partial charge in [0.25, 0.3) is 0 Å². The fourth-order valence-corrected chi connectivity index (χ4v) is 7.11. The molecule has 44 heavy (non-hydrogen) atoms. The van der Waals surface area contributed by atoms with Crippen LogP contribution in [-0.2, 0) is 25.7 Å². The molecule has 3 aliphatic rings. The van der Waals surface area contributed by atoms with Crippen LogP contribution in [0.4, 0.5) is 0 Å². The van der Waals surface area contributed by atoms with Gasteiger partial charge in [0.15, 0.2) is 23.0 Å². The summed E-state index contributed by atoms with van der Waals surface area (Å²) in [7, 11) is 6.97. The highest BCUT2D eigenvalue weighted by atomic mass is 16.5. The first-order valence-corrected chi connectivity index (χ1v) is 15.1. The smallest absolute Gasteiger partial charge is 0.201 e. The van der Waals surface area contributed by atoms with Crippen molar-refractivity contribution < 1.29 is 29.2 Å². The Hall–Kier alpha value is -4.40. The van der Waals surface area contributed by atoms with Crippen LogP contribution in [0.2, 0.25) is 0 Å². The molecule has 4 aromatic rings. The quantitative estimate of drug-likeness (QED) is 0.262. The summed E-state index contributed by atoms with van der Waals surface area (Å²) in [6.45, 7) is 1.67. The summed E-state index contributed by atoms with van der Waals surface area (Å²) in [6, 6.07) is 17.9. The summed E-state index contributed by atoms with van der Waals surface area (Å²) >= 11 is 0. The van der Waals surface area contributed by atoms with Crippen molar-refractivity contribution in [2.24, 2.45) is 0 Å². The van der Waals surface area contributed by atoms with Crippen molar-refractivity contribution in [2.45, 2.75) is 37.8 Å². The maximum absolute atomic E-state index is 11.6. The minimum atomic E-state index is -0.109. The zero-order chi connectivity index (χ0) is 30.5. The number of ether oxygens (including phenoxy) is 4. The first-order valence-electron chi connectivity index (χ1n) is 15.1. The Morgan fingerprint density at radius 2 is 1.52 bits per heavy atom. The zero-order valence-electron chi connectivity index (χ0n) is 25.6. The second-order valence-corrected chi connectivity index (χ2v) is 11.9. The van der Waals surface area contributed by atoms with Crippen LogP contribution in [0.15, 0.2) is 54.6 Å². The van der Waals surface area contributed by atoms with E-state index in [1.807, 2.05) is 18.2 Å². The molecule has 2 atom stereocenters. The Morgan fingerprint density at radius 1 is 0.795 bits per heavy atom. The molecule has 3 heterocycles. The number of phenolic OH excluding ortho intramolecular Hbond substituents is 2. The van der Waals surface area contributed by atoms with Gasteiger partial charge in [-0.2, -0.15) is 0 Å². The number of aromatic hydroxyl groups is 2. The topological polar surface area (TPSA) is 92.7 Å². The minimum Gasteiger partial charge on any atom is -0.507 e. The maximum atomic E-state index is 11.6. The van der Waals surface area contributed by atoms with Crippen molar-refractivity contribution in [3.8, 4) is 51.4 Å². The zero-order valence-corrected chi connectivity index (χ0v) is 25.6. The number of rotatable bonds is 3. The van der Waals surface area contributed by atoms with E-state index in [2.05, 4.69) is 47.6 Å². The molecular weight excluding hydrogens is 556 g/mol. The maximum Gasteiger partial charge on any atom is 0.201 e. The third-order valence-electron chi connectivity index (χ3n) is 9.45. The van der Waals surface area contributed by atoms with Gasteiger partial charge in [0, 0.05) is 35.3 Å². The molecule has 4 aromatic carbocycles. The Bertz CT molecular complexity index is 1750. The highest BCUT2D eigenvalue weighted by Crippen LogP contribution is 2.51. The molecule has 0 saturated heterocycles. The number of fused-ring (bicyclic) bond motifs is 6. The summed E-state index contributed by atoms with van der Waals surface area (Å²) < 4.78 is 24.0. The van der Waals surface area contributed by atoms with E-state index in [0.717, 1.165) is 71.3 Å². The first kappa shape index (κ1) is 28.4. The van der Waals surface area contributed by atoms with Gasteiger partial charge in [0.1, 0.15) is 11.5 Å². The number of nitrogens with one attached hydrogen (secondary N) is 1. The lowest BCUT2D eigenvalue weighted by atomic mass is 9.86. The van der Waals surface area contributed by atoms with Crippen LogP contribution in [0.5, 0.6) is 40.2 Å². The number of phenols is 2. The average Bonchev–Trinajstić information content (AvgIpc) is 3.03. The molecule has 7 rings (SSSR count). The lowest BCUT2D eigenvalue weighted by molar-refractivity contribution is 0.221. The summed E-state index contributed by atoms with van der Waals surface area (Å²) in [5.41, 5.74) is 8.07. The molecule has 0 aliphatic carbocycles. The highest BCUT2D eigenvalue weighted by molar-refractivity contribution is 5.77. The summed E-state index contributed by atoms with van der Waals surface area (Å²) in [5, 5.41) is 26.4.